The van der Waals surface area contributed by atoms with Gasteiger partial charge in [0.2, 0.25) is 5.27 Å². The number of pyridine rings is 1. The molecular weight excluding hydrogens is 538 g/mol. The SMILES string of the molecule is COc1ccc(-c2cc(-c3cccc4ccccc34)nc3sc(C(=O)Nc4c[n+](C5CC5)no4)c(N)c23)c(OC)c1. The Labute approximate surface area is 239 Å². The Balaban J connectivity index is 1.41. The van der Waals surface area contributed by atoms with Crippen molar-refractivity contribution in [3.8, 4) is 33.9 Å². The molecule has 6 aromatic rings. The lowest BCUT2D eigenvalue weighted by atomic mass is 9.96. The van der Waals surface area contributed by atoms with Crippen molar-refractivity contribution >= 4 is 49.8 Å². The summed E-state index contributed by atoms with van der Waals surface area (Å²) in [4.78, 5) is 19.4. The minimum Gasteiger partial charge on any atom is -0.497 e. The summed E-state index contributed by atoms with van der Waals surface area (Å²) >= 11 is 1.24. The van der Waals surface area contributed by atoms with Gasteiger partial charge in [0, 0.05) is 35.4 Å². The lowest BCUT2D eigenvalue weighted by Gasteiger charge is -2.14. The number of anilines is 2. The molecule has 0 bridgehead atoms. The minimum absolute atomic E-state index is 0.264. The third-order valence-corrected chi connectivity index (χ3v) is 8.41. The van der Waals surface area contributed by atoms with Crippen LogP contribution in [0, 0.1) is 0 Å². The minimum atomic E-state index is -0.385. The van der Waals surface area contributed by atoms with Crippen molar-refractivity contribution in [3.63, 3.8) is 0 Å². The monoisotopic (exact) mass is 564 g/mol. The fourth-order valence-corrected chi connectivity index (χ4v) is 6.12. The van der Waals surface area contributed by atoms with Crippen LogP contribution in [0.15, 0.2) is 77.4 Å². The number of carbonyl (C=O) groups excluding carboxylic acids is 1. The van der Waals surface area contributed by atoms with Gasteiger partial charge in [0.25, 0.3) is 12.1 Å². The predicted molar refractivity (Wildman–Crippen MR) is 158 cm³/mol. The van der Waals surface area contributed by atoms with E-state index in [1.54, 1.807) is 25.1 Å². The molecule has 3 aromatic heterocycles. The number of carbonyl (C=O) groups is 1. The van der Waals surface area contributed by atoms with Gasteiger partial charge >= 0.3 is 5.88 Å². The van der Waals surface area contributed by atoms with Crippen molar-refractivity contribution in [3.05, 3.63) is 77.8 Å². The van der Waals surface area contributed by atoms with E-state index in [0.29, 0.717) is 38.3 Å². The van der Waals surface area contributed by atoms with E-state index in [2.05, 4.69) is 34.9 Å². The normalized spacial score (nSPS) is 13.0. The van der Waals surface area contributed by atoms with Crippen molar-refractivity contribution in [2.75, 3.05) is 25.3 Å². The predicted octanol–water partition coefficient (Wildman–Crippen LogP) is 6.25. The third kappa shape index (κ3) is 4.42. The van der Waals surface area contributed by atoms with E-state index in [4.69, 9.17) is 24.7 Å². The van der Waals surface area contributed by atoms with Crippen LogP contribution in [0.4, 0.5) is 11.6 Å². The van der Waals surface area contributed by atoms with Crippen molar-refractivity contribution in [1.29, 1.82) is 0 Å². The number of nitrogen functional groups attached to an aromatic ring is 1. The number of hydrogen-bond donors (Lipinski definition) is 2. The quantitative estimate of drug-likeness (QED) is 0.220. The number of nitrogens with two attached hydrogens (primary N) is 1. The molecule has 0 saturated heterocycles. The molecule has 3 aromatic carbocycles. The smallest absolute Gasteiger partial charge is 0.302 e. The standard InChI is InChI=1S/C31H25N5O4S/c1-38-19-12-13-22(25(14-19)39-2)23-15-24(21-9-5-7-17-6-3-4-8-20(17)21)33-31-27(23)28(32)29(41-31)30(37)34-26-16-36(35-40-26)18-10-11-18/h3-9,12-16,18H,10-11H2,1-2H3,(H2-,32,34,35,37)/p+1. The fourth-order valence-electron chi connectivity index (χ4n) is 5.10. The summed E-state index contributed by atoms with van der Waals surface area (Å²) in [6, 6.07) is 22.3. The van der Waals surface area contributed by atoms with Gasteiger partial charge in [-0.1, -0.05) is 42.5 Å². The average molecular weight is 565 g/mol. The summed E-state index contributed by atoms with van der Waals surface area (Å²) in [7, 11) is 3.23. The Kier molecular flexibility index (Phi) is 6.05. The highest BCUT2D eigenvalue weighted by Crippen LogP contribution is 2.45. The molecule has 1 fully saturated rings. The second kappa shape index (κ2) is 9.90. The molecule has 1 aliphatic carbocycles. The van der Waals surface area contributed by atoms with Crippen LogP contribution in [0.3, 0.4) is 0 Å². The maximum absolute atomic E-state index is 13.4. The highest BCUT2D eigenvalue weighted by molar-refractivity contribution is 7.21. The van der Waals surface area contributed by atoms with Gasteiger partial charge in [0.15, 0.2) is 6.04 Å². The van der Waals surface area contributed by atoms with E-state index >= 15 is 0 Å². The maximum Gasteiger partial charge on any atom is 0.302 e. The van der Waals surface area contributed by atoms with Crippen molar-refractivity contribution in [2.45, 2.75) is 18.9 Å². The molecule has 0 aliphatic heterocycles. The molecule has 9 nitrogen and oxygen atoms in total. The van der Waals surface area contributed by atoms with Gasteiger partial charge in [-0.2, -0.15) is 0 Å². The van der Waals surface area contributed by atoms with Crippen molar-refractivity contribution < 1.29 is 23.5 Å². The van der Waals surface area contributed by atoms with Gasteiger partial charge in [0.1, 0.15) is 21.2 Å². The van der Waals surface area contributed by atoms with Gasteiger partial charge in [-0.05, 0) is 39.2 Å². The van der Waals surface area contributed by atoms with Crippen LogP contribution in [0.5, 0.6) is 11.5 Å². The Morgan fingerprint density at radius 1 is 1.02 bits per heavy atom. The van der Waals surface area contributed by atoms with E-state index in [9.17, 15) is 4.79 Å². The molecule has 1 amide bonds. The van der Waals surface area contributed by atoms with Crippen LogP contribution in [-0.2, 0) is 0 Å². The summed E-state index contributed by atoms with van der Waals surface area (Å²) in [6.45, 7) is 0. The molecule has 3 N–H and O–H groups in total. The molecule has 204 valence electrons. The second-order valence-electron chi connectivity index (χ2n) is 9.90. The molecule has 1 saturated carbocycles. The molecule has 41 heavy (non-hydrogen) atoms. The van der Waals surface area contributed by atoms with E-state index in [0.717, 1.165) is 46.0 Å². The van der Waals surface area contributed by atoms with Crippen molar-refractivity contribution in [1.82, 2.24) is 10.3 Å². The van der Waals surface area contributed by atoms with Gasteiger partial charge in [-0.25, -0.2) is 4.98 Å². The number of thiophene rings is 1. The zero-order valence-corrected chi connectivity index (χ0v) is 23.2. The van der Waals surface area contributed by atoms with Gasteiger partial charge in [-0.15, -0.1) is 11.3 Å². The lowest BCUT2D eigenvalue weighted by Crippen LogP contribution is -2.32. The highest BCUT2D eigenvalue weighted by Gasteiger charge is 2.36. The average Bonchev–Trinajstić information content (AvgIpc) is 3.66. The number of methoxy groups -OCH3 is 2. The first-order valence-electron chi connectivity index (χ1n) is 13.2. The van der Waals surface area contributed by atoms with Crippen LogP contribution < -0.4 is 25.2 Å². The van der Waals surface area contributed by atoms with Crippen LogP contribution in [-0.4, -0.2) is 30.4 Å². The van der Waals surface area contributed by atoms with E-state index in [1.165, 1.54) is 11.3 Å². The Hall–Kier alpha value is -4.96. The maximum atomic E-state index is 13.4. The summed E-state index contributed by atoms with van der Waals surface area (Å²) in [5.41, 5.74) is 10.4. The summed E-state index contributed by atoms with van der Waals surface area (Å²) in [5, 5.41) is 9.67. The number of rotatable bonds is 7. The number of aromatic nitrogens is 3. The highest BCUT2D eigenvalue weighted by atomic mass is 32.1. The van der Waals surface area contributed by atoms with Gasteiger partial charge in [0.05, 0.1) is 25.6 Å². The molecule has 3 heterocycles. The van der Waals surface area contributed by atoms with Crippen molar-refractivity contribution in [2.24, 2.45) is 0 Å². The first-order valence-corrected chi connectivity index (χ1v) is 14.0. The summed E-state index contributed by atoms with van der Waals surface area (Å²) in [6.07, 6.45) is 3.80. The number of nitrogens with one attached hydrogen (secondary N) is 1. The largest absolute Gasteiger partial charge is 0.497 e. The van der Waals surface area contributed by atoms with E-state index < -0.39 is 0 Å². The number of ether oxygens (including phenoxy) is 2. The van der Waals surface area contributed by atoms with Crippen LogP contribution in [0.25, 0.3) is 43.4 Å². The number of amides is 1. The van der Waals surface area contributed by atoms with Crippen LogP contribution >= 0.6 is 11.3 Å². The number of benzene rings is 3. The topological polar surface area (TPSA) is 116 Å². The van der Waals surface area contributed by atoms with E-state index in [-0.39, 0.29) is 11.8 Å². The second-order valence-corrected chi connectivity index (χ2v) is 10.9. The lowest BCUT2D eigenvalue weighted by molar-refractivity contribution is -0.765. The molecular formula is C31H26N5O4S+. The zero-order valence-electron chi connectivity index (χ0n) is 22.4. The fraction of sp³-hybridized carbons (Fsp3) is 0.161. The number of nitrogens with zero attached hydrogens (tertiary/aromatic N) is 3. The number of fused-ring (bicyclic) bond motifs is 2. The molecule has 0 spiro atoms. The Bertz CT molecular complexity index is 1950. The summed E-state index contributed by atoms with van der Waals surface area (Å²) < 4.78 is 18.3. The van der Waals surface area contributed by atoms with Gasteiger partial charge in [-0.3, -0.25) is 14.6 Å². The van der Waals surface area contributed by atoms with Crippen LogP contribution in [0.1, 0.15) is 28.6 Å². The van der Waals surface area contributed by atoms with Crippen LogP contribution in [0.2, 0.25) is 0 Å². The first-order chi connectivity index (χ1) is 20.0. The Morgan fingerprint density at radius 2 is 1.85 bits per heavy atom. The molecule has 0 unspecified atom stereocenters. The molecule has 7 rings (SSSR count). The third-order valence-electron chi connectivity index (χ3n) is 7.31. The zero-order chi connectivity index (χ0) is 28.1. The summed E-state index contributed by atoms with van der Waals surface area (Å²) in [5.74, 6) is 1.16. The Morgan fingerprint density at radius 3 is 2.66 bits per heavy atom. The number of hydrogen-bond acceptors (Lipinski definition) is 8. The molecule has 10 heteroatoms. The van der Waals surface area contributed by atoms with E-state index in [1.807, 2.05) is 42.5 Å². The molecule has 0 atom stereocenters. The first kappa shape index (κ1) is 25.0. The molecule has 1 aliphatic rings. The van der Waals surface area contributed by atoms with Gasteiger partial charge < -0.3 is 15.2 Å². The molecule has 0 radical (unpaired) electrons.